The highest BCUT2D eigenvalue weighted by molar-refractivity contribution is 6.21. The number of imidazole rings is 1. The van der Waals surface area contributed by atoms with Crippen LogP contribution in [-0.4, -0.2) is 14.5 Å². The number of rotatable bonds is 4. The summed E-state index contributed by atoms with van der Waals surface area (Å²) in [6.07, 6.45) is 1.87. The minimum absolute atomic E-state index is 0.940. The molecule has 192 valence electrons. The normalized spacial score (nSPS) is 11.4. The minimum Gasteiger partial charge on any atom is -0.292 e. The molecule has 0 amide bonds. The number of fused-ring (bicyclic) bond motifs is 3. The minimum atomic E-state index is 0.940. The Labute approximate surface area is 238 Å². The number of nitrogens with zero attached hydrogens (tertiary/aromatic N) is 3. The lowest BCUT2D eigenvalue weighted by atomic mass is 9.87. The molecule has 0 aliphatic heterocycles. The van der Waals surface area contributed by atoms with Crippen molar-refractivity contribution in [2.75, 3.05) is 0 Å². The molecule has 6 aromatic carbocycles. The maximum absolute atomic E-state index is 5.02. The van der Waals surface area contributed by atoms with Crippen LogP contribution in [0.1, 0.15) is 0 Å². The number of benzene rings is 6. The zero-order chi connectivity index (χ0) is 27.2. The highest BCUT2D eigenvalue weighted by Gasteiger charge is 2.18. The Morgan fingerprint density at radius 2 is 1.02 bits per heavy atom. The molecule has 0 unspecified atom stereocenters. The third-order valence-corrected chi connectivity index (χ3v) is 7.86. The maximum atomic E-state index is 5.02. The van der Waals surface area contributed by atoms with Gasteiger partial charge in [-0.15, -0.1) is 0 Å². The summed E-state index contributed by atoms with van der Waals surface area (Å²) in [6, 6.07) is 51.2. The van der Waals surface area contributed by atoms with Gasteiger partial charge in [-0.1, -0.05) is 109 Å². The number of aromatic nitrogens is 3. The second-order valence-corrected chi connectivity index (χ2v) is 10.2. The molecule has 0 saturated heterocycles. The predicted molar refractivity (Wildman–Crippen MR) is 170 cm³/mol. The van der Waals surface area contributed by atoms with Crippen molar-refractivity contribution in [2.45, 2.75) is 0 Å². The Morgan fingerprint density at radius 1 is 0.439 bits per heavy atom. The van der Waals surface area contributed by atoms with Gasteiger partial charge in [0.15, 0.2) is 0 Å². The van der Waals surface area contributed by atoms with E-state index in [9.17, 15) is 0 Å². The van der Waals surface area contributed by atoms with Crippen molar-refractivity contribution in [3.8, 4) is 39.5 Å². The molecule has 0 aliphatic carbocycles. The third kappa shape index (κ3) is 3.82. The maximum Gasteiger partial charge on any atom is 0.145 e. The van der Waals surface area contributed by atoms with Gasteiger partial charge in [0.25, 0.3) is 0 Å². The van der Waals surface area contributed by atoms with Crippen molar-refractivity contribution in [3.05, 3.63) is 152 Å². The first-order chi connectivity index (χ1) is 20.4. The summed E-state index contributed by atoms with van der Waals surface area (Å²) in [7, 11) is 0. The van der Waals surface area contributed by atoms with E-state index in [0.29, 0.717) is 0 Å². The van der Waals surface area contributed by atoms with E-state index in [1.165, 1.54) is 38.2 Å². The van der Waals surface area contributed by atoms with E-state index < -0.39 is 0 Å². The zero-order valence-electron chi connectivity index (χ0n) is 22.3. The summed E-state index contributed by atoms with van der Waals surface area (Å²) in [5.41, 5.74) is 8.83. The van der Waals surface area contributed by atoms with Crippen LogP contribution in [0, 0.1) is 0 Å². The number of hydrogen-bond donors (Lipinski definition) is 0. The van der Waals surface area contributed by atoms with Crippen molar-refractivity contribution in [3.63, 3.8) is 0 Å². The van der Waals surface area contributed by atoms with Crippen molar-refractivity contribution >= 4 is 32.6 Å². The van der Waals surface area contributed by atoms with Crippen molar-refractivity contribution < 1.29 is 0 Å². The van der Waals surface area contributed by atoms with E-state index in [0.717, 1.165) is 33.8 Å². The lowest BCUT2D eigenvalue weighted by Gasteiger charge is -2.17. The smallest absolute Gasteiger partial charge is 0.145 e. The second kappa shape index (κ2) is 9.58. The first-order valence-corrected chi connectivity index (χ1v) is 13.9. The fourth-order valence-corrected chi connectivity index (χ4v) is 6.07. The summed E-state index contributed by atoms with van der Waals surface area (Å²) < 4.78 is 2.26. The molecule has 0 spiro atoms. The van der Waals surface area contributed by atoms with Gasteiger partial charge in [-0.3, -0.25) is 9.55 Å². The average Bonchev–Trinajstić information content (AvgIpc) is 3.44. The van der Waals surface area contributed by atoms with Gasteiger partial charge >= 0.3 is 0 Å². The van der Waals surface area contributed by atoms with E-state index in [2.05, 4.69) is 132 Å². The van der Waals surface area contributed by atoms with E-state index in [-0.39, 0.29) is 0 Å². The molecule has 0 aliphatic rings. The summed E-state index contributed by atoms with van der Waals surface area (Å²) in [5.74, 6) is 0.940. The lowest BCUT2D eigenvalue weighted by Crippen LogP contribution is -1.98. The molecule has 0 fully saturated rings. The molecule has 0 N–H and O–H groups in total. The van der Waals surface area contributed by atoms with Crippen LogP contribution in [0.2, 0.25) is 0 Å². The van der Waals surface area contributed by atoms with Crippen molar-refractivity contribution in [1.82, 2.24) is 14.5 Å². The summed E-state index contributed by atoms with van der Waals surface area (Å²) in [6.45, 7) is 0. The topological polar surface area (TPSA) is 30.7 Å². The Kier molecular flexibility index (Phi) is 5.46. The molecule has 41 heavy (non-hydrogen) atoms. The van der Waals surface area contributed by atoms with E-state index >= 15 is 0 Å². The van der Waals surface area contributed by atoms with Crippen LogP contribution in [0.25, 0.3) is 72.0 Å². The monoisotopic (exact) mass is 523 g/mol. The molecule has 0 bridgehead atoms. The number of pyridine rings is 1. The van der Waals surface area contributed by atoms with Crippen molar-refractivity contribution in [2.24, 2.45) is 0 Å². The van der Waals surface area contributed by atoms with Gasteiger partial charge in [-0.05, 0) is 69.1 Å². The zero-order valence-corrected chi connectivity index (χ0v) is 22.3. The summed E-state index contributed by atoms with van der Waals surface area (Å²) in [4.78, 5) is 9.76. The van der Waals surface area contributed by atoms with Gasteiger partial charge < -0.3 is 0 Å². The molecule has 2 heterocycles. The molecule has 0 atom stereocenters. The fraction of sp³-hybridized carbons (Fsp3) is 0. The molecule has 0 saturated carbocycles. The Morgan fingerprint density at radius 3 is 1.68 bits per heavy atom. The van der Waals surface area contributed by atoms with Crippen LogP contribution < -0.4 is 0 Å². The number of para-hydroxylation sites is 2. The summed E-state index contributed by atoms with van der Waals surface area (Å²) in [5, 5.41) is 4.85. The third-order valence-electron chi connectivity index (χ3n) is 7.86. The summed E-state index contributed by atoms with van der Waals surface area (Å²) >= 11 is 0. The van der Waals surface area contributed by atoms with Crippen LogP contribution in [0.4, 0.5) is 0 Å². The SMILES string of the molecule is c1ccc(-c2nc3ccccc3n2-c2ccc(-c3c4ccccc4c(-c4ccccn4)c4ccccc34)cc2)cc1. The molecule has 3 nitrogen and oxygen atoms in total. The van der Waals surface area contributed by atoms with Crippen LogP contribution in [0.15, 0.2) is 152 Å². The molecule has 3 heteroatoms. The van der Waals surface area contributed by atoms with E-state index in [4.69, 9.17) is 9.97 Å². The van der Waals surface area contributed by atoms with Gasteiger partial charge in [0.2, 0.25) is 0 Å². The highest BCUT2D eigenvalue weighted by Crippen LogP contribution is 2.43. The van der Waals surface area contributed by atoms with Gasteiger partial charge in [0.05, 0.1) is 16.7 Å². The average molecular weight is 524 g/mol. The molecular formula is C38H25N3. The first kappa shape index (κ1) is 23.4. The van der Waals surface area contributed by atoms with Gasteiger partial charge in [0, 0.05) is 23.0 Å². The molecule has 2 aromatic heterocycles. The predicted octanol–water partition coefficient (Wildman–Crippen LogP) is 9.73. The second-order valence-electron chi connectivity index (χ2n) is 10.2. The molecular weight excluding hydrogens is 498 g/mol. The van der Waals surface area contributed by atoms with Gasteiger partial charge in [-0.25, -0.2) is 4.98 Å². The van der Waals surface area contributed by atoms with Gasteiger partial charge in [-0.2, -0.15) is 0 Å². The van der Waals surface area contributed by atoms with E-state index in [1.54, 1.807) is 0 Å². The Hall–Kier alpha value is -5.54. The quantitative estimate of drug-likeness (QED) is 0.215. The fourth-order valence-electron chi connectivity index (χ4n) is 6.07. The standard InChI is InChI=1S/C38H25N3/c1-2-12-27(13-3-1)38-40-33-18-8-9-20-35(33)41(38)28-23-21-26(22-24-28)36-29-14-4-6-16-31(29)37(34-19-10-11-25-39-34)32-17-7-5-15-30(32)36/h1-25H. The first-order valence-electron chi connectivity index (χ1n) is 13.9. The van der Waals surface area contributed by atoms with Crippen molar-refractivity contribution in [1.29, 1.82) is 0 Å². The highest BCUT2D eigenvalue weighted by atomic mass is 15.1. The van der Waals surface area contributed by atoms with E-state index in [1.807, 2.05) is 24.4 Å². The van der Waals surface area contributed by atoms with Crippen LogP contribution in [-0.2, 0) is 0 Å². The molecule has 8 aromatic rings. The Balaban J connectivity index is 1.35. The van der Waals surface area contributed by atoms with Gasteiger partial charge in [0.1, 0.15) is 5.82 Å². The molecule has 8 rings (SSSR count). The van der Waals surface area contributed by atoms with Crippen LogP contribution in [0.3, 0.4) is 0 Å². The lowest BCUT2D eigenvalue weighted by molar-refractivity contribution is 1.10. The van der Waals surface area contributed by atoms with Crippen LogP contribution in [0.5, 0.6) is 0 Å². The number of hydrogen-bond acceptors (Lipinski definition) is 2. The Bertz CT molecular complexity index is 2120. The largest absolute Gasteiger partial charge is 0.292 e. The molecule has 0 radical (unpaired) electrons. The van der Waals surface area contributed by atoms with Crippen LogP contribution >= 0.6 is 0 Å².